The van der Waals surface area contributed by atoms with Gasteiger partial charge < -0.3 is 10.1 Å². The van der Waals surface area contributed by atoms with Gasteiger partial charge in [-0.15, -0.1) is 0 Å². The van der Waals surface area contributed by atoms with Crippen molar-refractivity contribution in [3.8, 4) is 5.88 Å². The Bertz CT molecular complexity index is 969. The van der Waals surface area contributed by atoms with Gasteiger partial charge in [0.1, 0.15) is 5.82 Å². The lowest BCUT2D eigenvalue weighted by Gasteiger charge is -2.30. The van der Waals surface area contributed by atoms with Crippen LogP contribution in [0.2, 0.25) is 0 Å². The third kappa shape index (κ3) is 4.67. The van der Waals surface area contributed by atoms with Gasteiger partial charge in [0.25, 0.3) is 0 Å². The van der Waals surface area contributed by atoms with Gasteiger partial charge in [-0.3, -0.25) is 4.90 Å². The van der Waals surface area contributed by atoms with E-state index >= 15 is 0 Å². The van der Waals surface area contributed by atoms with Crippen LogP contribution in [0, 0.1) is 0 Å². The van der Waals surface area contributed by atoms with Gasteiger partial charge in [-0.05, 0) is 61.2 Å². The predicted octanol–water partition coefficient (Wildman–Crippen LogP) is 5.27. The third-order valence-electron chi connectivity index (χ3n) is 5.42. The number of hydrogen-bond acceptors (Lipinski definition) is 4. The molecule has 0 amide bonds. The number of hydrogen-bond donors (Lipinski definition) is 1. The Hall–Kier alpha value is -2.80. The summed E-state index contributed by atoms with van der Waals surface area (Å²) in [5.74, 6) is 1.28. The van der Waals surface area contributed by atoms with E-state index in [4.69, 9.17) is 4.74 Å². The quantitative estimate of drug-likeness (QED) is 0.653. The van der Waals surface area contributed by atoms with Crippen molar-refractivity contribution < 1.29 is 17.9 Å². The summed E-state index contributed by atoms with van der Waals surface area (Å²) in [6.45, 7) is 6.26. The number of rotatable bonds is 6. The Labute approximate surface area is 174 Å². The maximum absolute atomic E-state index is 13.3. The standard InChI is InChI=1S/C23H24F3N3O/c1-16-7-8-18-9-10-21(28-22(18)27-16)30-14-3-2-12-29-13-11-17-5-4-6-20(19(17)15-29)23(24,25)26/h4-10H,1-3,11-15H2,(H,27,28). The largest absolute Gasteiger partial charge is 0.478 e. The van der Waals surface area contributed by atoms with Crippen LogP contribution in [-0.2, 0) is 19.1 Å². The summed E-state index contributed by atoms with van der Waals surface area (Å²) in [4.78, 5) is 6.54. The monoisotopic (exact) mass is 415 g/mol. The number of benzene rings is 1. The number of aromatic nitrogens is 1. The van der Waals surface area contributed by atoms with Gasteiger partial charge in [0.2, 0.25) is 5.88 Å². The highest BCUT2D eigenvalue weighted by Crippen LogP contribution is 2.35. The predicted molar refractivity (Wildman–Crippen MR) is 111 cm³/mol. The van der Waals surface area contributed by atoms with Gasteiger partial charge >= 0.3 is 6.18 Å². The minimum Gasteiger partial charge on any atom is -0.478 e. The molecular formula is C23H24F3N3O. The first-order valence-electron chi connectivity index (χ1n) is 10.1. The maximum Gasteiger partial charge on any atom is 0.416 e. The number of unbranched alkanes of at least 4 members (excludes halogenated alkanes) is 1. The summed E-state index contributed by atoms with van der Waals surface area (Å²) >= 11 is 0. The molecule has 0 saturated heterocycles. The van der Waals surface area contributed by atoms with E-state index in [1.54, 1.807) is 6.07 Å². The minimum absolute atomic E-state index is 0.349. The van der Waals surface area contributed by atoms with Crippen molar-refractivity contribution >= 4 is 11.9 Å². The number of halogens is 3. The first-order valence-corrected chi connectivity index (χ1v) is 10.1. The molecule has 0 bridgehead atoms. The number of pyridine rings is 1. The number of allylic oxidation sites excluding steroid dienone is 1. The molecule has 1 N–H and O–H groups in total. The van der Waals surface area contributed by atoms with Gasteiger partial charge in [0.05, 0.1) is 12.2 Å². The van der Waals surface area contributed by atoms with E-state index in [2.05, 4.69) is 21.8 Å². The Morgan fingerprint density at radius 3 is 2.83 bits per heavy atom. The molecule has 0 unspecified atom stereocenters. The molecule has 30 heavy (non-hydrogen) atoms. The maximum atomic E-state index is 13.3. The molecule has 1 aromatic heterocycles. The Balaban J connectivity index is 1.25. The zero-order valence-corrected chi connectivity index (χ0v) is 16.6. The SMILES string of the molecule is C=C1C=Cc2ccc(OCCCCN3CCc4cccc(C(F)(F)F)c4C3)nc2N1. The van der Waals surface area contributed by atoms with Crippen LogP contribution in [0.3, 0.4) is 0 Å². The molecule has 0 atom stereocenters. The molecule has 7 heteroatoms. The van der Waals surface area contributed by atoms with E-state index in [-0.39, 0.29) is 0 Å². The van der Waals surface area contributed by atoms with Crippen LogP contribution < -0.4 is 10.1 Å². The fourth-order valence-corrected chi connectivity index (χ4v) is 3.86. The van der Waals surface area contributed by atoms with E-state index in [9.17, 15) is 13.2 Å². The number of fused-ring (bicyclic) bond motifs is 2. The van der Waals surface area contributed by atoms with Crippen molar-refractivity contribution in [1.82, 2.24) is 9.88 Å². The van der Waals surface area contributed by atoms with E-state index in [0.29, 0.717) is 31.0 Å². The summed E-state index contributed by atoms with van der Waals surface area (Å²) in [5.41, 5.74) is 2.50. The molecule has 2 aliphatic rings. The van der Waals surface area contributed by atoms with Crippen molar-refractivity contribution in [3.63, 3.8) is 0 Å². The Morgan fingerprint density at radius 1 is 1.13 bits per heavy atom. The summed E-state index contributed by atoms with van der Waals surface area (Å²) < 4.78 is 45.6. The van der Waals surface area contributed by atoms with Crippen LogP contribution in [0.5, 0.6) is 5.88 Å². The van der Waals surface area contributed by atoms with Gasteiger partial charge in [0, 0.05) is 30.4 Å². The number of ether oxygens (including phenoxy) is 1. The van der Waals surface area contributed by atoms with Crippen molar-refractivity contribution in [1.29, 1.82) is 0 Å². The lowest BCUT2D eigenvalue weighted by Crippen LogP contribution is -2.33. The molecule has 0 saturated carbocycles. The summed E-state index contributed by atoms with van der Waals surface area (Å²) in [6, 6.07) is 8.27. The van der Waals surface area contributed by atoms with Gasteiger partial charge in [-0.25, -0.2) is 0 Å². The normalized spacial score (nSPS) is 16.0. The fraction of sp³-hybridized carbons (Fsp3) is 0.348. The summed E-state index contributed by atoms with van der Waals surface area (Å²) in [5, 5.41) is 3.11. The van der Waals surface area contributed by atoms with Crippen LogP contribution >= 0.6 is 0 Å². The molecule has 0 radical (unpaired) electrons. The second-order valence-electron chi connectivity index (χ2n) is 7.59. The molecule has 2 aromatic rings. The van der Waals surface area contributed by atoms with E-state index < -0.39 is 11.7 Å². The molecule has 4 nitrogen and oxygen atoms in total. The van der Waals surface area contributed by atoms with E-state index in [0.717, 1.165) is 48.6 Å². The van der Waals surface area contributed by atoms with Crippen molar-refractivity contribution in [2.45, 2.75) is 32.0 Å². The zero-order chi connectivity index (χ0) is 21.1. The van der Waals surface area contributed by atoms with Crippen molar-refractivity contribution in [2.75, 3.05) is 25.0 Å². The molecule has 4 rings (SSSR count). The van der Waals surface area contributed by atoms with Gasteiger partial charge in [-0.2, -0.15) is 18.2 Å². The van der Waals surface area contributed by atoms with Crippen LogP contribution in [-0.4, -0.2) is 29.6 Å². The average molecular weight is 415 g/mol. The van der Waals surface area contributed by atoms with Crippen molar-refractivity contribution in [2.24, 2.45) is 0 Å². The summed E-state index contributed by atoms with van der Waals surface area (Å²) in [6.07, 6.45) is 1.85. The highest BCUT2D eigenvalue weighted by molar-refractivity contribution is 5.71. The van der Waals surface area contributed by atoms with Crippen LogP contribution in [0.4, 0.5) is 19.0 Å². The summed E-state index contributed by atoms with van der Waals surface area (Å²) in [7, 11) is 0. The molecule has 3 heterocycles. The topological polar surface area (TPSA) is 37.4 Å². The lowest BCUT2D eigenvalue weighted by atomic mass is 9.94. The first kappa shape index (κ1) is 20.5. The second kappa shape index (κ2) is 8.52. The highest BCUT2D eigenvalue weighted by Gasteiger charge is 2.35. The van der Waals surface area contributed by atoms with Gasteiger partial charge in [0.15, 0.2) is 0 Å². The molecular weight excluding hydrogens is 391 g/mol. The number of nitrogens with zero attached hydrogens (tertiary/aromatic N) is 2. The van der Waals surface area contributed by atoms with Crippen LogP contribution in [0.25, 0.3) is 6.08 Å². The molecule has 0 aliphatic carbocycles. The number of alkyl halides is 3. The first-order chi connectivity index (χ1) is 14.4. The highest BCUT2D eigenvalue weighted by atomic mass is 19.4. The lowest BCUT2D eigenvalue weighted by molar-refractivity contribution is -0.138. The fourth-order valence-electron chi connectivity index (χ4n) is 3.86. The third-order valence-corrected chi connectivity index (χ3v) is 5.42. The Morgan fingerprint density at radius 2 is 2.00 bits per heavy atom. The average Bonchev–Trinajstić information content (AvgIpc) is 2.72. The zero-order valence-electron chi connectivity index (χ0n) is 16.6. The molecule has 0 spiro atoms. The van der Waals surface area contributed by atoms with Crippen molar-refractivity contribution in [3.05, 3.63) is 70.9 Å². The molecule has 0 fully saturated rings. The van der Waals surface area contributed by atoms with Gasteiger partial charge in [-0.1, -0.05) is 18.7 Å². The molecule has 158 valence electrons. The van der Waals surface area contributed by atoms with E-state index in [1.165, 1.54) is 12.1 Å². The second-order valence-corrected chi connectivity index (χ2v) is 7.59. The Kier molecular flexibility index (Phi) is 5.81. The number of nitrogens with one attached hydrogen (secondary N) is 1. The smallest absolute Gasteiger partial charge is 0.416 e. The van der Waals surface area contributed by atoms with E-state index in [1.807, 2.05) is 24.3 Å². The molecule has 1 aromatic carbocycles. The molecule has 2 aliphatic heterocycles. The number of anilines is 1. The van der Waals surface area contributed by atoms with Crippen LogP contribution in [0.15, 0.2) is 48.7 Å². The van der Waals surface area contributed by atoms with Crippen LogP contribution in [0.1, 0.15) is 35.1 Å². The minimum atomic E-state index is -4.30.